The lowest BCUT2D eigenvalue weighted by Crippen LogP contribution is -2.36. The first kappa shape index (κ1) is 29.9. The molecule has 1 aliphatic rings. The zero-order chi connectivity index (χ0) is 30.9. The lowest BCUT2D eigenvalue weighted by atomic mass is 9.99. The summed E-state index contributed by atoms with van der Waals surface area (Å²) >= 11 is 0. The minimum absolute atomic E-state index is 0.0601. The van der Waals surface area contributed by atoms with E-state index in [1.807, 2.05) is 0 Å². The van der Waals surface area contributed by atoms with Crippen LogP contribution in [0.15, 0.2) is 59.6 Å². The monoisotopic (exact) mass is 610 g/mol. The number of esters is 1. The van der Waals surface area contributed by atoms with Gasteiger partial charge in [0.1, 0.15) is 19.0 Å². The number of methoxy groups -OCH3 is 1. The second-order valence-electron chi connectivity index (χ2n) is 10.2. The van der Waals surface area contributed by atoms with E-state index in [0.717, 1.165) is 16.6 Å². The fourth-order valence-corrected chi connectivity index (χ4v) is 5.69. The van der Waals surface area contributed by atoms with Crippen LogP contribution in [0.25, 0.3) is 10.9 Å². The molecule has 0 bridgehead atoms. The summed E-state index contributed by atoms with van der Waals surface area (Å²) in [6.07, 6.45) is 1.03. The van der Waals surface area contributed by atoms with E-state index in [1.54, 1.807) is 55.4 Å². The van der Waals surface area contributed by atoms with E-state index in [1.165, 1.54) is 19.2 Å². The Balaban J connectivity index is 1.65. The number of hydrogen-bond donors (Lipinski definition) is 2. The zero-order valence-corrected chi connectivity index (χ0v) is 24.9. The van der Waals surface area contributed by atoms with Gasteiger partial charge in [-0.2, -0.15) is 0 Å². The molecule has 13 heteroatoms. The first-order chi connectivity index (χ1) is 20.5. The van der Waals surface area contributed by atoms with Crippen molar-refractivity contribution < 1.29 is 36.9 Å². The molecule has 3 aromatic carbocycles. The number of H-pyrrole nitrogens is 1. The highest BCUT2D eigenvalue weighted by atomic mass is 32.2. The number of aromatic amines is 1. The van der Waals surface area contributed by atoms with Crippen molar-refractivity contribution >= 4 is 44.0 Å². The number of fused-ring (bicyclic) bond motifs is 2. The Morgan fingerprint density at radius 3 is 2.42 bits per heavy atom. The zero-order valence-electron chi connectivity index (χ0n) is 24.0. The maximum absolute atomic E-state index is 15.5. The van der Waals surface area contributed by atoms with Crippen molar-refractivity contribution in [3.63, 3.8) is 0 Å². The smallest absolute Gasteiger partial charge is 0.337 e. The summed E-state index contributed by atoms with van der Waals surface area (Å²) in [6.45, 7) is 1.21. The number of aromatic nitrogens is 1. The topological polar surface area (TPSA) is 134 Å². The number of nitrogens with zero attached hydrogens (tertiary/aromatic N) is 3. The van der Waals surface area contributed by atoms with Crippen LogP contribution in [0.1, 0.15) is 21.5 Å². The van der Waals surface area contributed by atoms with E-state index in [4.69, 9.17) is 19.2 Å². The van der Waals surface area contributed by atoms with Gasteiger partial charge in [-0.15, -0.1) is 0 Å². The molecule has 1 aliphatic heterocycles. The van der Waals surface area contributed by atoms with Crippen LogP contribution in [0.3, 0.4) is 0 Å². The minimum atomic E-state index is -3.77. The molecule has 4 aromatic rings. The second-order valence-corrected chi connectivity index (χ2v) is 12.1. The Morgan fingerprint density at radius 2 is 1.74 bits per heavy atom. The normalized spacial score (nSPS) is 13.4. The second kappa shape index (κ2) is 11.9. The van der Waals surface area contributed by atoms with Crippen molar-refractivity contribution in [2.75, 3.05) is 58.1 Å². The molecule has 2 heterocycles. The molecule has 1 aromatic heterocycles. The molecule has 0 spiro atoms. The number of hydrogen-bond acceptors (Lipinski definition) is 9. The first-order valence-corrected chi connectivity index (χ1v) is 15.1. The summed E-state index contributed by atoms with van der Waals surface area (Å²) < 4.78 is 57.8. The summed E-state index contributed by atoms with van der Waals surface area (Å²) in [5.74, 6) is -0.515. The number of likely N-dealkylation sites (N-methyl/N-ethyl adjacent to an activating group) is 1. The number of halogens is 1. The number of benzene rings is 3. The molecule has 0 radical (unpaired) electrons. The van der Waals surface area contributed by atoms with Gasteiger partial charge in [-0.05, 0) is 56.6 Å². The number of rotatable bonds is 9. The highest BCUT2D eigenvalue weighted by molar-refractivity contribution is 7.92. The standard InChI is InChI=1S/C30H31FN4O7S/c1-34(2)11-12-35(43(4,38)39)24-9-7-20(17-22(24)31)32-28(18-6-10-25-26(16-18)42-14-13-41-25)27-21-8-5-19(30(37)40-3)15-23(21)33-29(27)36/h5-10,15-17,33,36H,11-14H2,1-4H3. The number of ether oxygens (including phenoxy) is 3. The molecular formula is C30H31FN4O7S. The molecule has 43 heavy (non-hydrogen) atoms. The van der Waals surface area contributed by atoms with Crippen LogP contribution in [-0.2, 0) is 14.8 Å². The summed E-state index contributed by atoms with van der Waals surface area (Å²) in [7, 11) is 1.10. The molecule has 226 valence electrons. The number of nitrogens with one attached hydrogen (secondary N) is 1. The van der Waals surface area contributed by atoms with Gasteiger partial charge in [-0.1, -0.05) is 6.07 Å². The molecule has 0 unspecified atom stereocenters. The number of anilines is 1. The fourth-order valence-electron chi connectivity index (χ4n) is 4.78. The van der Waals surface area contributed by atoms with Crippen LogP contribution < -0.4 is 13.8 Å². The Labute approximate surface area is 248 Å². The number of carbonyl (C=O) groups excluding carboxylic acids is 1. The van der Waals surface area contributed by atoms with E-state index < -0.39 is 21.8 Å². The van der Waals surface area contributed by atoms with Crippen molar-refractivity contribution in [2.45, 2.75) is 0 Å². The van der Waals surface area contributed by atoms with Gasteiger partial charge in [0, 0.05) is 35.6 Å². The van der Waals surface area contributed by atoms with E-state index >= 15 is 4.39 Å². The van der Waals surface area contributed by atoms with Crippen LogP contribution in [-0.4, -0.2) is 88.9 Å². The average Bonchev–Trinajstić information content (AvgIpc) is 3.30. The third-order valence-electron chi connectivity index (χ3n) is 6.84. The lowest BCUT2D eigenvalue weighted by Gasteiger charge is -2.24. The van der Waals surface area contributed by atoms with Crippen molar-refractivity contribution in [2.24, 2.45) is 4.99 Å². The predicted molar refractivity (Wildman–Crippen MR) is 161 cm³/mol. The SMILES string of the molecule is COC(=O)c1ccc2c(C(=Nc3ccc(N(CCN(C)C)S(C)(=O)=O)c(F)c3)c3ccc4c(c3)OCCO4)c(O)[nH]c2c1. The van der Waals surface area contributed by atoms with Crippen molar-refractivity contribution in [3.8, 4) is 17.4 Å². The minimum Gasteiger partial charge on any atom is -0.494 e. The summed E-state index contributed by atoms with van der Waals surface area (Å²) in [6, 6.07) is 14.0. The van der Waals surface area contributed by atoms with Crippen LogP contribution in [0, 0.1) is 5.82 Å². The molecule has 5 rings (SSSR count). The van der Waals surface area contributed by atoms with E-state index in [0.29, 0.717) is 53.3 Å². The van der Waals surface area contributed by atoms with Gasteiger partial charge in [0.25, 0.3) is 0 Å². The number of carbonyl (C=O) groups is 1. The van der Waals surface area contributed by atoms with Gasteiger partial charge in [0.05, 0.1) is 41.6 Å². The Bertz CT molecular complexity index is 1840. The third-order valence-corrected chi connectivity index (χ3v) is 8.02. The van der Waals surface area contributed by atoms with Gasteiger partial charge < -0.3 is 29.2 Å². The van der Waals surface area contributed by atoms with E-state index in [-0.39, 0.29) is 35.1 Å². The number of aliphatic imine (C=N–C) groups is 1. The van der Waals surface area contributed by atoms with Gasteiger partial charge in [-0.3, -0.25) is 4.31 Å². The molecule has 0 aliphatic carbocycles. The predicted octanol–water partition coefficient (Wildman–Crippen LogP) is 4.07. The Kier molecular flexibility index (Phi) is 8.29. The molecule has 0 saturated heterocycles. The fraction of sp³-hybridized carbons (Fsp3) is 0.267. The van der Waals surface area contributed by atoms with E-state index in [2.05, 4.69) is 4.98 Å². The Morgan fingerprint density at radius 1 is 1.02 bits per heavy atom. The van der Waals surface area contributed by atoms with Crippen LogP contribution in [0.4, 0.5) is 15.8 Å². The number of aromatic hydroxyl groups is 1. The first-order valence-electron chi connectivity index (χ1n) is 13.3. The highest BCUT2D eigenvalue weighted by Crippen LogP contribution is 2.37. The van der Waals surface area contributed by atoms with Crippen molar-refractivity contribution in [1.82, 2.24) is 9.88 Å². The summed E-state index contributed by atoms with van der Waals surface area (Å²) in [5.41, 5.74) is 1.91. The molecule has 0 atom stereocenters. The van der Waals surface area contributed by atoms with Gasteiger partial charge in [0.2, 0.25) is 10.0 Å². The van der Waals surface area contributed by atoms with Crippen molar-refractivity contribution in [1.29, 1.82) is 0 Å². The molecular weight excluding hydrogens is 579 g/mol. The maximum atomic E-state index is 15.5. The molecule has 0 saturated carbocycles. The molecule has 2 N–H and O–H groups in total. The summed E-state index contributed by atoms with van der Waals surface area (Å²) in [4.78, 5) is 21.5. The highest BCUT2D eigenvalue weighted by Gasteiger charge is 2.24. The summed E-state index contributed by atoms with van der Waals surface area (Å²) in [5, 5.41) is 11.6. The average molecular weight is 611 g/mol. The van der Waals surface area contributed by atoms with Gasteiger partial charge in [-0.25, -0.2) is 22.6 Å². The van der Waals surface area contributed by atoms with Crippen LogP contribution >= 0.6 is 0 Å². The quantitative estimate of drug-likeness (QED) is 0.214. The maximum Gasteiger partial charge on any atom is 0.337 e. The van der Waals surface area contributed by atoms with E-state index in [9.17, 15) is 18.3 Å². The largest absolute Gasteiger partial charge is 0.494 e. The molecule has 0 fully saturated rings. The van der Waals surface area contributed by atoms with Crippen LogP contribution in [0.2, 0.25) is 0 Å². The van der Waals surface area contributed by atoms with Gasteiger partial charge >= 0.3 is 5.97 Å². The van der Waals surface area contributed by atoms with Crippen LogP contribution in [0.5, 0.6) is 17.4 Å². The third kappa shape index (κ3) is 6.27. The molecule has 0 amide bonds. The Hall–Kier alpha value is -4.62. The molecule has 11 nitrogen and oxygen atoms in total. The number of sulfonamides is 1. The van der Waals surface area contributed by atoms with Gasteiger partial charge in [0.15, 0.2) is 17.4 Å². The lowest BCUT2D eigenvalue weighted by molar-refractivity contribution is 0.0601. The van der Waals surface area contributed by atoms with Crippen molar-refractivity contribution in [3.05, 3.63) is 77.1 Å².